The van der Waals surface area contributed by atoms with Gasteiger partial charge in [-0.15, -0.1) is 6.58 Å². The predicted octanol–water partition coefficient (Wildman–Crippen LogP) is 4.08. The summed E-state index contributed by atoms with van der Waals surface area (Å²) in [5.41, 5.74) is -0.519. The zero-order valence-electron chi connectivity index (χ0n) is 18.9. The van der Waals surface area contributed by atoms with Crippen LogP contribution in [0, 0.1) is 5.92 Å². The number of rotatable bonds is 9. The Kier molecular flexibility index (Phi) is 9.05. The van der Waals surface area contributed by atoms with E-state index in [9.17, 15) is 14.7 Å². The van der Waals surface area contributed by atoms with Crippen molar-refractivity contribution in [3.63, 3.8) is 0 Å². The maximum absolute atomic E-state index is 12.3. The molecule has 6 atom stereocenters. The molecule has 1 heterocycles. The Bertz CT molecular complexity index is 714. The van der Waals surface area contributed by atoms with Crippen LogP contribution in [-0.4, -0.2) is 69.7 Å². The molecular weight excluding hydrogens is 442 g/mol. The fourth-order valence-corrected chi connectivity index (χ4v) is 5.46. The quantitative estimate of drug-likeness (QED) is 0.232. The summed E-state index contributed by atoms with van der Waals surface area (Å²) < 4.78 is 17.9. The zero-order chi connectivity index (χ0) is 23.4. The highest BCUT2D eigenvalue weighted by molar-refractivity contribution is 7.99. The van der Waals surface area contributed by atoms with Gasteiger partial charge in [-0.05, 0) is 40.0 Å². The van der Waals surface area contributed by atoms with E-state index in [1.807, 2.05) is 20.8 Å². The van der Waals surface area contributed by atoms with E-state index in [4.69, 9.17) is 26.0 Å². The number of imide groups is 1. The molecule has 0 aromatic carbocycles. The number of aliphatic hydroxyl groups is 1. The molecule has 1 N–H and O–H groups in total. The van der Waals surface area contributed by atoms with E-state index in [1.165, 1.54) is 19.6 Å². The first-order valence-corrected chi connectivity index (χ1v) is 11.9. The molecule has 2 amide bonds. The number of methoxy groups -OCH3 is 1. The minimum atomic E-state index is -1.08. The predicted molar refractivity (Wildman–Crippen MR) is 122 cm³/mol. The lowest BCUT2D eigenvalue weighted by molar-refractivity contribution is -0.171. The molecule has 9 heteroatoms. The van der Waals surface area contributed by atoms with E-state index in [-0.39, 0.29) is 6.10 Å². The lowest BCUT2D eigenvalue weighted by Crippen LogP contribution is -2.61. The Hall–Kier alpha value is -1.06. The molecule has 7 nitrogen and oxygen atoms in total. The second-order valence-electron chi connectivity index (χ2n) is 8.65. The summed E-state index contributed by atoms with van der Waals surface area (Å²) in [6.07, 6.45) is 3.11. The van der Waals surface area contributed by atoms with Gasteiger partial charge in [0.2, 0.25) is 5.91 Å². The van der Waals surface area contributed by atoms with Gasteiger partial charge < -0.3 is 19.3 Å². The highest BCUT2D eigenvalue weighted by atomic mass is 35.5. The van der Waals surface area contributed by atoms with Crippen LogP contribution >= 0.6 is 23.5 Å². The Labute approximate surface area is 194 Å². The summed E-state index contributed by atoms with van der Waals surface area (Å²) in [7, 11) is 1.53. The van der Waals surface area contributed by atoms with Crippen molar-refractivity contribution in [2.45, 2.75) is 76.5 Å². The molecule has 2 rings (SSSR count). The van der Waals surface area contributed by atoms with Crippen molar-refractivity contribution in [3.8, 4) is 0 Å². The standard InChI is InChI=1S/C22H34ClNO6S/c1-7-12-31-13-22(27)11-10-16(29-20(26)24(23)15(4)25)18(28-6)19(22)21(5)17(30-21)9-8-14(2)3/h7-8,16-19,27H,1,9-13H2,2-6H3. The molecule has 0 aromatic rings. The van der Waals surface area contributed by atoms with Gasteiger partial charge in [-0.2, -0.15) is 16.2 Å². The molecule has 1 aliphatic carbocycles. The number of ether oxygens (including phenoxy) is 3. The highest BCUT2D eigenvalue weighted by Crippen LogP contribution is 2.55. The van der Waals surface area contributed by atoms with Crippen molar-refractivity contribution < 1.29 is 28.9 Å². The number of hydrogen-bond acceptors (Lipinski definition) is 7. The number of amides is 2. The van der Waals surface area contributed by atoms with E-state index in [1.54, 1.807) is 17.8 Å². The van der Waals surface area contributed by atoms with Crippen LogP contribution in [0.3, 0.4) is 0 Å². The monoisotopic (exact) mass is 475 g/mol. The van der Waals surface area contributed by atoms with Crippen LogP contribution in [0.2, 0.25) is 0 Å². The van der Waals surface area contributed by atoms with Crippen molar-refractivity contribution >= 4 is 35.5 Å². The second-order valence-corrected chi connectivity index (χ2v) is 10.0. The van der Waals surface area contributed by atoms with Crippen LogP contribution in [0.5, 0.6) is 0 Å². The van der Waals surface area contributed by atoms with E-state index in [0.29, 0.717) is 28.8 Å². The summed E-state index contributed by atoms with van der Waals surface area (Å²) in [5.74, 6) is 0.118. The molecule has 2 aliphatic rings. The van der Waals surface area contributed by atoms with Crippen molar-refractivity contribution in [2.75, 3.05) is 18.6 Å². The molecule has 176 valence electrons. The fraction of sp³-hybridized carbons (Fsp3) is 0.727. The lowest BCUT2D eigenvalue weighted by Gasteiger charge is -2.49. The molecule has 0 radical (unpaired) electrons. The van der Waals surface area contributed by atoms with E-state index < -0.39 is 41.3 Å². The maximum Gasteiger partial charge on any atom is 0.432 e. The molecule has 31 heavy (non-hydrogen) atoms. The topological polar surface area (TPSA) is 88.6 Å². The summed E-state index contributed by atoms with van der Waals surface area (Å²) >= 11 is 7.31. The first-order chi connectivity index (χ1) is 14.5. The number of thioether (sulfide) groups is 1. The summed E-state index contributed by atoms with van der Waals surface area (Å²) in [6.45, 7) is 11.0. The molecule has 0 aromatic heterocycles. The van der Waals surface area contributed by atoms with Crippen LogP contribution in [0.4, 0.5) is 4.79 Å². The first-order valence-electron chi connectivity index (χ1n) is 10.4. The minimum Gasteiger partial charge on any atom is -0.442 e. The Balaban J connectivity index is 2.30. The molecule has 0 spiro atoms. The van der Waals surface area contributed by atoms with Gasteiger partial charge >= 0.3 is 6.09 Å². The third-order valence-corrected chi connectivity index (χ3v) is 7.57. The SMILES string of the molecule is C=CCSCC1(O)CCC(OC(=O)N(Cl)C(C)=O)C(OC)C1C1(C)OC1CC=C(C)C. The Morgan fingerprint density at radius 1 is 1.39 bits per heavy atom. The molecular formula is C22H34ClNO6S. The number of carbonyl (C=O) groups excluding carboxylic acids is 2. The van der Waals surface area contributed by atoms with Crippen LogP contribution in [0.15, 0.2) is 24.3 Å². The van der Waals surface area contributed by atoms with Gasteiger partial charge in [0.25, 0.3) is 0 Å². The zero-order valence-corrected chi connectivity index (χ0v) is 20.5. The van der Waals surface area contributed by atoms with Gasteiger partial charge in [0, 0.05) is 43.2 Å². The van der Waals surface area contributed by atoms with E-state index in [0.717, 1.165) is 6.42 Å². The molecule has 1 saturated carbocycles. The number of allylic oxidation sites excluding steroid dienone is 1. The number of hydrogen-bond donors (Lipinski definition) is 1. The van der Waals surface area contributed by atoms with Gasteiger partial charge in [0.05, 0.1) is 11.7 Å². The molecule has 1 aliphatic heterocycles. The van der Waals surface area contributed by atoms with Gasteiger partial charge in [0.1, 0.15) is 17.8 Å². The molecule has 0 bridgehead atoms. The van der Waals surface area contributed by atoms with Crippen molar-refractivity contribution in [1.82, 2.24) is 4.42 Å². The largest absolute Gasteiger partial charge is 0.442 e. The molecule has 2 fully saturated rings. The van der Waals surface area contributed by atoms with Gasteiger partial charge in [-0.3, -0.25) is 4.79 Å². The number of epoxide rings is 1. The van der Waals surface area contributed by atoms with Crippen LogP contribution in [-0.2, 0) is 19.0 Å². The normalized spacial score (nSPS) is 34.5. The summed E-state index contributed by atoms with van der Waals surface area (Å²) in [4.78, 5) is 23.7. The number of carbonyl (C=O) groups is 2. The Morgan fingerprint density at radius 3 is 2.61 bits per heavy atom. The summed E-state index contributed by atoms with van der Waals surface area (Å²) in [6, 6.07) is 0. The molecule has 1 saturated heterocycles. The van der Waals surface area contributed by atoms with E-state index >= 15 is 0 Å². The van der Waals surface area contributed by atoms with Crippen LogP contribution in [0.1, 0.15) is 47.0 Å². The third-order valence-electron chi connectivity index (χ3n) is 6.02. The average Bonchev–Trinajstić information content (AvgIpc) is 3.37. The van der Waals surface area contributed by atoms with E-state index in [2.05, 4.69) is 12.7 Å². The highest BCUT2D eigenvalue weighted by Gasteiger charge is 2.67. The maximum atomic E-state index is 12.3. The Morgan fingerprint density at radius 2 is 2.06 bits per heavy atom. The fourth-order valence-electron chi connectivity index (χ4n) is 4.46. The lowest BCUT2D eigenvalue weighted by atomic mass is 9.66. The average molecular weight is 476 g/mol. The van der Waals surface area contributed by atoms with Crippen LogP contribution in [0.25, 0.3) is 0 Å². The second kappa shape index (κ2) is 10.7. The molecule has 6 unspecified atom stereocenters. The number of halogens is 1. The number of nitrogens with zero attached hydrogens (tertiary/aromatic N) is 1. The van der Waals surface area contributed by atoms with Crippen molar-refractivity contribution in [2.24, 2.45) is 5.92 Å². The van der Waals surface area contributed by atoms with Crippen molar-refractivity contribution in [3.05, 3.63) is 24.3 Å². The van der Waals surface area contributed by atoms with Gasteiger partial charge in [-0.1, -0.05) is 17.7 Å². The minimum absolute atomic E-state index is 0.0721. The summed E-state index contributed by atoms with van der Waals surface area (Å²) in [5, 5.41) is 11.7. The third kappa shape index (κ3) is 6.05. The van der Waals surface area contributed by atoms with Crippen LogP contribution < -0.4 is 0 Å². The van der Waals surface area contributed by atoms with Crippen molar-refractivity contribution in [1.29, 1.82) is 0 Å². The first kappa shape index (κ1) is 26.2. The van der Waals surface area contributed by atoms with Gasteiger partial charge in [-0.25, -0.2) is 4.79 Å². The van der Waals surface area contributed by atoms with Gasteiger partial charge in [0.15, 0.2) is 0 Å². The smallest absolute Gasteiger partial charge is 0.432 e.